The van der Waals surface area contributed by atoms with Gasteiger partial charge in [0.2, 0.25) is 0 Å². The average Bonchev–Trinajstić information content (AvgIpc) is 2.63. The highest BCUT2D eigenvalue weighted by molar-refractivity contribution is 6.31. The molecule has 1 aromatic heterocycles. The van der Waals surface area contributed by atoms with E-state index < -0.39 is 0 Å². The molecule has 0 atom stereocenters. The van der Waals surface area contributed by atoms with Gasteiger partial charge >= 0.3 is 0 Å². The van der Waals surface area contributed by atoms with Crippen molar-refractivity contribution in [1.82, 2.24) is 15.1 Å². The summed E-state index contributed by atoms with van der Waals surface area (Å²) in [5.74, 6) is 2.71. The standard InChI is InChI=1S/C13H20ClN3/c1-6-10-12(14)11(17(8-3)16-10)9-15-13(4,5)7-2/h2,15H,6,8-9H2,1,3-5H3. The maximum absolute atomic E-state index is 6.31. The first-order valence-electron chi connectivity index (χ1n) is 5.92. The fourth-order valence-corrected chi connectivity index (χ4v) is 1.88. The Morgan fingerprint density at radius 1 is 1.47 bits per heavy atom. The van der Waals surface area contributed by atoms with Crippen LogP contribution in [-0.2, 0) is 19.5 Å². The third-order valence-corrected chi connectivity index (χ3v) is 3.19. The minimum Gasteiger partial charge on any atom is -0.296 e. The van der Waals surface area contributed by atoms with Crippen molar-refractivity contribution < 1.29 is 0 Å². The Morgan fingerprint density at radius 2 is 2.12 bits per heavy atom. The quantitative estimate of drug-likeness (QED) is 0.818. The van der Waals surface area contributed by atoms with Gasteiger partial charge in [0.1, 0.15) is 0 Å². The van der Waals surface area contributed by atoms with Crippen LogP contribution in [-0.4, -0.2) is 15.3 Å². The molecule has 1 N–H and O–H groups in total. The van der Waals surface area contributed by atoms with Crippen LogP contribution in [0.25, 0.3) is 0 Å². The lowest BCUT2D eigenvalue weighted by Crippen LogP contribution is -2.37. The van der Waals surface area contributed by atoms with Crippen LogP contribution in [0.3, 0.4) is 0 Å². The fourth-order valence-electron chi connectivity index (χ4n) is 1.54. The number of hydrogen-bond donors (Lipinski definition) is 1. The Labute approximate surface area is 109 Å². The molecular formula is C13H20ClN3. The van der Waals surface area contributed by atoms with Gasteiger partial charge in [-0.25, -0.2) is 0 Å². The summed E-state index contributed by atoms with van der Waals surface area (Å²) in [7, 11) is 0. The van der Waals surface area contributed by atoms with Gasteiger partial charge in [-0.15, -0.1) is 6.42 Å². The van der Waals surface area contributed by atoms with Gasteiger partial charge in [-0.1, -0.05) is 24.4 Å². The predicted octanol–water partition coefficient (Wildman–Crippen LogP) is 2.62. The summed E-state index contributed by atoms with van der Waals surface area (Å²) in [6.07, 6.45) is 6.29. The van der Waals surface area contributed by atoms with E-state index in [4.69, 9.17) is 18.0 Å². The Bertz CT molecular complexity index is 427. The molecule has 0 saturated carbocycles. The van der Waals surface area contributed by atoms with E-state index in [0.29, 0.717) is 6.54 Å². The topological polar surface area (TPSA) is 29.9 Å². The molecule has 0 unspecified atom stereocenters. The monoisotopic (exact) mass is 253 g/mol. The smallest absolute Gasteiger partial charge is 0.0863 e. The van der Waals surface area contributed by atoms with Gasteiger partial charge < -0.3 is 0 Å². The molecule has 3 nitrogen and oxygen atoms in total. The van der Waals surface area contributed by atoms with Crippen molar-refractivity contribution in [1.29, 1.82) is 0 Å². The lowest BCUT2D eigenvalue weighted by molar-refractivity contribution is 0.470. The zero-order valence-corrected chi connectivity index (χ0v) is 11.7. The molecule has 0 aliphatic heterocycles. The second-order valence-corrected chi connectivity index (χ2v) is 4.88. The number of rotatable bonds is 5. The summed E-state index contributed by atoms with van der Waals surface area (Å²) in [5.41, 5.74) is 1.62. The van der Waals surface area contributed by atoms with Crippen LogP contribution in [0.2, 0.25) is 5.02 Å². The van der Waals surface area contributed by atoms with E-state index in [9.17, 15) is 0 Å². The maximum atomic E-state index is 6.31. The van der Waals surface area contributed by atoms with Gasteiger partial charge in [0, 0.05) is 13.1 Å². The van der Waals surface area contributed by atoms with Crippen molar-refractivity contribution in [2.45, 2.75) is 52.7 Å². The minimum atomic E-state index is -0.335. The number of aromatic nitrogens is 2. The fraction of sp³-hybridized carbons (Fsp3) is 0.615. The van der Waals surface area contributed by atoms with Crippen molar-refractivity contribution in [2.24, 2.45) is 0 Å². The molecule has 0 aliphatic rings. The Morgan fingerprint density at radius 3 is 2.59 bits per heavy atom. The number of nitrogens with one attached hydrogen (secondary N) is 1. The molecule has 0 amide bonds. The van der Waals surface area contributed by atoms with Gasteiger partial charge in [0.25, 0.3) is 0 Å². The normalized spacial score (nSPS) is 11.5. The summed E-state index contributed by atoms with van der Waals surface area (Å²) in [6, 6.07) is 0. The van der Waals surface area contributed by atoms with E-state index >= 15 is 0 Å². The van der Waals surface area contributed by atoms with Crippen molar-refractivity contribution in [2.75, 3.05) is 0 Å². The summed E-state index contributed by atoms with van der Waals surface area (Å²) >= 11 is 6.31. The molecule has 0 aliphatic carbocycles. The van der Waals surface area contributed by atoms with Crippen LogP contribution in [0.1, 0.15) is 39.1 Å². The second-order valence-electron chi connectivity index (χ2n) is 4.50. The lowest BCUT2D eigenvalue weighted by Gasteiger charge is -2.19. The second kappa shape index (κ2) is 5.57. The summed E-state index contributed by atoms with van der Waals surface area (Å²) < 4.78 is 1.93. The molecule has 1 heterocycles. The number of terminal acetylenes is 1. The zero-order valence-electron chi connectivity index (χ0n) is 11.0. The number of nitrogens with zero attached hydrogens (tertiary/aromatic N) is 2. The number of hydrogen-bond acceptors (Lipinski definition) is 2. The van der Waals surface area contributed by atoms with E-state index in [-0.39, 0.29) is 5.54 Å². The average molecular weight is 254 g/mol. The largest absolute Gasteiger partial charge is 0.296 e. The van der Waals surface area contributed by atoms with Gasteiger partial charge in [-0.05, 0) is 27.2 Å². The third kappa shape index (κ3) is 3.24. The molecule has 94 valence electrons. The molecule has 0 fully saturated rings. The van der Waals surface area contributed by atoms with Crippen LogP contribution in [0.4, 0.5) is 0 Å². The highest BCUT2D eigenvalue weighted by Crippen LogP contribution is 2.22. The molecule has 17 heavy (non-hydrogen) atoms. The van der Waals surface area contributed by atoms with Crippen molar-refractivity contribution in [3.63, 3.8) is 0 Å². The Balaban J connectivity index is 2.91. The molecule has 0 radical (unpaired) electrons. The number of halogens is 1. The van der Waals surface area contributed by atoms with Crippen molar-refractivity contribution in [3.05, 3.63) is 16.4 Å². The van der Waals surface area contributed by atoms with E-state index in [1.165, 1.54) is 0 Å². The van der Waals surface area contributed by atoms with Gasteiger partial charge in [0.05, 0.1) is 21.9 Å². The van der Waals surface area contributed by atoms with E-state index in [1.807, 2.05) is 18.5 Å². The highest BCUT2D eigenvalue weighted by Gasteiger charge is 2.18. The van der Waals surface area contributed by atoms with Gasteiger partial charge in [0.15, 0.2) is 0 Å². The SMILES string of the molecule is C#CC(C)(C)NCc1c(Cl)c(CC)nn1CC. The molecule has 4 heteroatoms. The van der Waals surface area contributed by atoms with E-state index in [0.717, 1.165) is 29.4 Å². The third-order valence-electron chi connectivity index (χ3n) is 2.75. The van der Waals surface area contributed by atoms with Crippen LogP contribution in [0.5, 0.6) is 0 Å². The first kappa shape index (κ1) is 14.1. The Kier molecular flexibility index (Phi) is 4.62. The van der Waals surface area contributed by atoms with E-state index in [2.05, 4.69) is 30.2 Å². The minimum absolute atomic E-state index is 0.335. The predicted molar refractivity (Wildman–Crippen MR) is 72.0 cm³/mol. The maximum Gasteiger partial charge on any atom is 0.0863 e. The van der Waals surface area contributed by atoms with Crippen LogP contribution < -0.4 is 5.32 Å². The van der Waals surface area contributed by atoms with Gasteiger partial charge in [-0.3, -0.25) is 10.00 Å². The van der Waals surface area contributed by atoms with Crippen molar-refractivity contribution >= 4 is 11.6 Å². The summed E-state index contributed by atoms with van der Waals surface area (Å²) in [5, 5.41) is 8.52. The molecule has 0 bridgehead atoms. The van der Waals surface area contributed by atoms with Crippen molar-refractivity contribution in [3.8, 4) is 12.3 Å². The summed E-state index contributed by atoms with van der Waals surface area (Å²) in [6.45, 7) is 9.49. The number of aryl methyl sites for hydroxylation is 2. The molecule has 0 spiro atoms. The molecule has 0 aromatic carbocycles. The molecule has 1 rings (SSSR count). The van der Waals surface area contributed by atoms with Crippen LogP contribution in [0, 0.1) is 12.3 Å². The molecule has 0 saturated heterocycles. The van der Waals surface area contributed by atoms with Gasteiger partial charge in [-0.2, -0.15) is 5.10 Å². The lowest BCUT2D eigenvalue weighted by atomic mass is 10.1. The van der Waals surface area contributed by atoms with Crippen LogP contribution in [0.15, 0.2) is 0 Å². The van der Waals surface area contributed by atoms with E-state index in [1.54, 1.807) is 0 Å². The zero-order chi connectivity index (χ0) is 13.1. The molecule has 1 aromatic rings. The first-order chi connectivity index (χ1) is 7.95. The Hall–Kier alpha value is -0.980. The van der Waals surface area contributed by atoms with Crippen LogP contribution >= 0.6 is 11.6 Å². The highest BCUT2D eigenvalue weighted by atomic mass is 35.5. The molecular weight excluding hydrogens is 234 g/mol. The summed E-state index contributed by atoms with van der Waals surface area (Å²) in [4.78, 5) is 0. The first-order valence-corrected chi connectivity index (χ1v) is 6.29.